The number of ether oxygens (including phenoxy) is 2. The zero-order chi connectivity index (χ0) is 19.5. The van der Waals surface area contributed by atoms with Crippen molar-refractivity contribution in [2.24, 2.45) is 0 Å². The lowest BCUT2D eigenvalue weighted by Gasteiger charge is -2.32. The third kappa shape index (κ3) is 3.63. The summed E-state index contributed by atoms with van der Waals surface area (Å²) in [6, 6.07) is 5.70. The largest absolute Gasteiger partial charge is 0.493 e. The van der Waals surface area contributed by atoms with Crippen molar-refractivity contribution in [3.63, 3.8) is 0 Å². The van der Waals surface area contributed by atoms with Gasteiger partial charge in [-0.3, -0.25) is 0 Å². The molecular weight excluding hydrogens is 356 g/mol. The normalized spacial score (nSPS) is 14.9. The second-order valence-corrected chi connectivity index (χ2v) is 6.78. The van der Waals surface area contributed by atoms with Crippen molar-refractivity contribution in [3.05, 3.63) is 36.8 Å². The molecule has 4 rings (SSSR count). The molecule has 1 aliphatic heterocycles. The van der Waals surface area contributed by atoms with Crippen LogP contribution in [0.15, 0.2) is 36.8 Å². The van der Waals surface area contributed by atoms with Crippen molar-refractivity contribution in [1.29, 1.82) is 0 Å². The topological polar surface area (TPSA) is 79.4 Å². The molecule has 0 amide bonds. The number of hydrogen-bond donors (Lipinski definition) is 1. The van der Waals surface area contributed by atoms with Gasteiger partial charge >= 0.3 is 0 Å². The first-order chi connectivity index (χ1) is 13.7. The highest BCUT2D eigenvalue weighted by Crippen LogP contribution is 2.32. The summed E-state index contributed by atoms with van der Waals surface area (Å²) in [6.07, 6.45) is 5.47. The van der Waals surface area contributed by atoms with E-state index in [9.17, 15) is 0 Å². The number of nitrogens with zero attached hydrogens (tertiary/aromatic N) is 5. The first-order valence-electron chi connectivity index (χ1n) is 9.21. The molecular formula is C20H24N6O2. The number of rotatable bonds is 5. The molecule has 1 N–H and O–H groups in total. The molecule has 1 aromatic carbocycles. The molecule has 3 heterocycles. The Labute approximate surface area is 164 Å². The number of likely N-dealkylation sites (N-methyl/N-ethyl adjacent to an activating group) is 1. The van der Waals surface area contributed by atoms with E-state index in [4.69, 9.17) is 9.47 Å². The zero-order valence-electron chi connectivity index (χ0n) is 16.3. The molecule has 1 saturated heterocycles. The number of benzene rings is 1. The third-order valence-electron chi connectivity index (χ3n) is 4.97. The summed E-state index contributed by atoms with van der Waals surface area (Å²) in [5, 5.41) is 0. The van der Waals surface area contributed by atoms with Crippen LogP contribution in [-0.4, -0.2) is 72.3 Å². The number of H-pyrrole nitrogens is 1. The van der Waals surface area contributed by atoms with Gasteiger partial charge in [-0.15, -0.1) is 0 Å². The van der Waals surface area contributed by atoms with E-state index >= 15 is 0 Å². The summed E-state index contributed by atoms with van der Waals surface area (Å²) in [7, 11) is 5.37. The molecule has 0 unspecified atom stereocenters. The van der Waals surface area contributed by atoms with Crippen LogP contribution in [0.5, 0.6) is 11.5 Å². The molecule has 28 heavy (non-hydrogen) atoms. The Morgan fingerprint density at radius 2 is 1.57 bits per heavy atom. The van der Waals surface area contributed by atoms with Gasteiger partial charge in [-0.2, -0.15) is 0 Å². The maximum Gasteiger partial charge on any atom is 0.225 e. The van der Waals surface area contributed by atoms with E-state index in [1.165, 1.54) is 0 Å². The minimum Gasteiger partial charge on any atom is -0.493 e. The number of piperazine rings is 1. The fraction of sp³-hybridized carbons (Fsp3) is 0.350. The number of aromatic amines is 1. The van der Waals surface area contributed by atoms with Crippen molar-refractivity contribution in [2.75, 3.05) is 52.3 Å². The van der Waals surface area contributed by atoms with Crippen LogP contribution in [0, 0.1) is 0 Å². The predicted molar refractivity (Wildman–Crippen MR) is 108 cm³/mol. The van der Waals surface area contributed by atoms with Gasteiger partial charge in [-0.1, -0.05) is 0 Å². The molecule has 0 saturated carbocycles. The molecule has 8 nitrogen and oxygen atoms in total. The Bertz CT molecular complexity index is 932. The van der Waals surface area contributed by atoms with Gasteiger partial charge in [-0.25, -0.2) is 15.0 Å². The van der Waals surface area contributed by atoms with E-state index in [1.54, 1.807) is 20.4 Å². The van der Waals surface area contributed by atoms with Crippen molar-refractivity contribution >= 4 is 5.95 Å². The second kappa shape index (κ2) is 7.85. The Kier molecular flexibility index (Phi) is 5.12. The molecule has 0 atom stereocenters. The fourth-order valence-corrected chi connectivity index (χ4v) is 3.23. The highest BCUT2D eigenvalue weighted by Gasteiger charge is 2.16. The molecule has 146 valence electrons. The van der Waals surface area contributed by atoms with E-state index in [0.29, 0.717) is 11.5 Å². The van der Waals surface area contributed by atoms with Crippen molar-refractivity contribution in [3.8, 4) is 34.1 Å². The van der Waals surface area contributed by atoms with Crippen LogP contribution < -0.4 is 14.4 Å². The van der Waals surface area contributed by atoms with Crippen LogP contribution in [0.4, 0.5) is 5.95 Å². The molecule has 0 radical (unpaired) electrons. The molecule has 8 heteroatoms. The second-order valence-electron chi connectivity index (χ2n) is 6.78. The Balaban J connectivity index is 1.53. The maximum absolute atomic E-state index is 5.37. The van der Waals surface area contributed by atoms with Gasteiger partial charge in [0.2, 0.25) is 5.95 Å². The summed E-state index contributed by atoms with van der Waals surface area (Å²) in [4.78, 5) is 21.4. The average Bonchev–Trinajstić information content (AvgIpc) is 3.24. The van der Waals surface area contributed by atoms with Crippen molar-refractivity contribution in [2.45, 2.75) is 0 Å². The third-order valence-corrected chi connectivity index (χ3v) is 4.97. The van der Waals surface area contributed by atoms with Crippen LogP contribution in [0.25, 0.3) is 22.6 Å². The average molecular weight is 380 g/mol. The lowest BCUT2D eigenvalue weighted by molar-refractivity contribution is 0.311. The quantitative estimate of drug-likeness (QED) is 0.727. The zero-order valence-corrected chi connectivity index (χ0v) is 16.3. The number of anilines is 1. The standard InChI is InChI=1S/C20H24N6O2/c1-25-6-8-26(9-7-25)20-22-11-15(12-23-20)16-13-21-19(24-16)14-4-5-17(27-2)18(10-14)28-3/h4-5,10-13H,6-9H2,1-3H3,(H,21,24). The van der Waals surface area contributed by atoms with Crippen LogP contribution in [0.1, 0.15) is 0 Å². The first kappa shape index (κ1) is 18.2. The number of imidazole rings is 1. The minimum absolute atomic E-state index is 0.665. The number of methoxy groups -OCH3 is 2. The van der Waals surface area contributed by atoms with E-state index in [1.807, 2.05) is 30.6 Å². The van der Waals surface area contributed by atoms with Gasteiger partial charge in [0.1, 0.15) is 5.82 Å². The number of aromatic nitrogens is 4. The van der Waals surface area contributed by atoms with Crippen molar-refractivity contribution in [1.82, 2.24) is 24.8 Å². The lowest BCUT2D eigenvalue weighted by atomic mass is 10.2. The monoisotopic (exact) mass is 380 g/mol. The van der Waals surface area contributed by atoms with Crippen LogP contribution in [-0.2, 0) is 0 Å². The van der Waals surface area contributed by atoms with Gasteiger partial charge in [0.05, 0.1) is 26.1 Å². The molecule has 1 aliphatic rings. The molecule has 0 bridgehead atoms. The SMILES string of the molecule is COc1ccc(-c2ncc(-c3cnc(N4CCN(C)CC4)nc3)[nH]2)cc1OC. The summed E-state index contributed by atoms with van der Waals surface area (Å²) >= 11 is 0. The highest BCUT2D eigenvalue weighted by molar-refractivity contribution is 5.66. The maximum atomic E-state index is 5.37. The summed E-state index contributed by atoms with van der Waals surface area (Å²) in [5.74, 6) is 2.87. The predicted octanol–water partition coefficient (Wildman–Crippen LogP) is 2.30. The Hall–Kier alpha value is -3.13. The van der Waals surface area contributed by atoms with Crippen LogP contribution in [0.3, 0.4) is 0 Å². The molecule has 0 spiro atoms. The van der Waals surface area contributed by atoms with Gasteiger partial charge in [0, 0.05) is 49.7 Å². The minimum atomic E-state index is 0.665. The molecule has 0 aliphatic carbocycles. The first-order valence-corrected chi connectivity index (χ1v) is 9.21. The molecule has 1 fully saturated rings. The molecule has 3 aromatic rings. The van der Waals surface area contributed by atoms with Crippen LogP contribution in [0.2, 0.25) is 0 Å². The Morgan fingerprint density at radius 1 is 0.857 bits per heavy atom. The smallest absolute Gasteiger partial charge is 0.225 e. The summed E-state index contributed by atoms with van der Waals surface area (Å²) in [5.41, 5.74) is 2.69. The number of nitrogens with one attached hydrogen (secondary N) is 1. The van der Waals surface area contributed by atoms with E-state index < -0.39 is 0 Å². The summed E-state index contributed by atoms with van der Waals surface area (Å²) < 4.78 is 10.7. The van der Waals surface area contributed by atoms with Crippen molar-refractivity contribution < 1.29 is 9.47 Å². The Morgan fingerprint density at radius 3 is 2.25 bits per heavy atom. The van der Waals surface area contributed by atoms with E-state index in [2.05, 4.69) is 36.8 Å². The summed E-state index contributed by atoms with van der Waals surface area (Å²) in [6.45, 7) is 3.95. The van der Waals surface area contributed by atoms with Gasteiger partial charge in [-0.05, 0) is 25.2 Å². The van der Waals surface area contributed by atoms with Crippen LogP contribution >= 0.6 is 0 Å². The van der Waals surface area contributed by atoms with Gasteiger partial charge in [0.25, 0.3) is 0 Å². The van der Waals surface area contributed by atoms with Gasteiger partial charge < -0.3 is 24.3 Å². The fourth-order valence-electron chi connectivity index (χ4n) is 3.23. The van der Waals surface area contributed by atoms with Gasteiger partial charge in [0.15, 0.2) is 11.5 Å². The lowest BCUT2D eigenvalue weighted by Crippen LogP contribution is -2.45. The highest BCUT2D eigenvalue weighted by atomic mass is 16.5. The van der Waals surface area contributed by atoms with E-state index in [-0.39, 0.29) is 0 Å². The number of hydrogen-bond acceptors (Lipinski definition) is 7. The molecule has 2 aromatic heterocycles. The van der Waals surface area contributed by atoms with E-state index in [0.717, 1.165) is 54.8 Å².